The zero-order valence-corrected chi connectivity index (χ0v) is 24.4. The molecule has 0 bridgehead atoms. The molecule has 0 spiro atoms. The lowest BCUT2D eigenvalue weighted by molar-refractivity contribution is 0.0746. The molecule has 1 fully saturated rings. The van der Waals surface area contributed by atoms with Gasteiger partial charge in [-0.25, -0.2) is 0 Å². The summed E-state index contributed by atoms with van der Waals surface area (Å²) in [4.78, 5) is 29.7. The van der Waals surface area contributed by atoms with Crippen LogP contribution in [0.15, 0.2) is 60.7 Å². The largest absolute Gasteiger partial charge is 0.496 e. The van der Waals surface area contributed by atoms with E-state index in [2.05, 4.69) is 22.5 Å². The van der Waals surface area contributed by atoms with E-state index < -0.39 is 0 Å². The monoisotopic (exact) mass is 580 g/mol. The average molecular weight is 581 g/mol. The van der Waals surface area contributed by atoms with E-state index in [1.54, 1.807) is 18.2 Å². The lowest BCUT2D eigenvalue weighted by atomic mass is 10.1. The Morgan fingerprint density at radius 2 is 1.75 bits per heavy atom. The van der Waals surface area contributed by atoms with Crippen LogP contribution < -0.4 is 25.0 Å². The molecule has 0 unspecified atom stereocenters. The molecular weight excluding hydrogens is 548 g/mol. The summed E-state index contributed by atoms with van der Waals surface area (Å²) in [5.41, 5.74) is 3.42. The Morgan fingerprint density at radius 3 is 2.40 bits per heavy atom. The maximum atomic E-state index is 13.0. The fourth-order valence-corrected chi connectivity index (χ4v) is 5.03. The molecule has 4 rings (SSSR count). The van der Waals surface area contributed by atoms with E-state index in [4.69, 9.17) is 33.3 Å². The molecule has 3 aromatic rings. The van der Waals surface area contributed by atoms with E-state index in [1.165, 1.54) is 7.11 Å². The predicted molar refractivity (Wildman–Crippen MR) is 163 cm³/mol. The maximum Gasteiger partial charge on any atom is 0.261 e. The van der Waals surface area contributed by atoms with Crippen LogP contribution in [0.5, 0.6) is 11.5 Å². The molecule has 8 nitrogen and oxygen atoms in total. The van der Waals surface area contributed by atoms with Crippen LogP contribution in [0.2, 0.25) is 5.02 Å². The SMILES string of the molecule is CCCOc1ccc(C(=O)N2CCN(c3ccc(NC(=S)NC(=O)c4cccc(C)c4OC)cc3Cl)CC2)cc1. The van der Waals surface area contributed by atoms with Crippen molar-refractivity contribution in [2.45, 2.75) is 20.3 Å². The Hall–Kier alpha value is -3.82. The van der Waals surface area contributed by atoms with Gasteiger partial charge in [0.1, 0.15) is 11.5 Å². The number of carbonyl (C=O) groups is 2. The number of amides is 2. The average Bonchev–Trinajstić information content (AvgIpc) is 2.96. The third kappa shape index (κ3) is 7.03. The Kier molecular flexibility index (Phi) is 9.84. The molecule has 210 valence electrons. The number of piperazine rings is 1. The molecule has 0 aromatic heterocycles. The van der Waals surface area contributed by atoms with E-state index in [1.807, 2.05) is 54.3 Å². The quantitative estimate of drug-likeness (QED) is 0.339. The van der Waals surface area contributed by atoms with Crippen LogP contribution in [0.3, 0.4) is 0 Å². The summed E-state index contributed by atoms with van der Waals surface area (Å²) in [6.07, 6.45) is 0.935. The number of carbonyl (C=O) groups excluding carboxylic acids is 2. The van der Waals surface area contributed by atoms with Gasteiger partial charge in [-0.2, -0.15) is 0 Å². The van der Waals surface area contributed by atoms with Gasteiger partial charge in [-0.1, -0.05) is 30.7 Å². The Balaban J connectivity index is 1.31. The number of nitrogens with one attached hydrogen (secondary N) is 2. The number of hydrogen-bond donors (Lipinski definition) is 2. The predicted octanol–water partition coefficient (Wildman–Crippen LogP) is 5.54. The van der Waals surface area contributed by atoms with Crippen molar-refractivity contribution in [2.24, 2.45) is 0 Å². The van der Waals surface area contributed by atoms with Gasteiger partial charge in [-0.15, -0.1) is 0 Å². The first kappa shape index (κ1) is 29.2. The zero-order valence-electron chi connectivity index (χ0n) is 22.8. The molecule has 1 aliphatic rings. The lowest BCUT2D eigenvalue weighted by Gasteiger charge is -2.36. The molecule has 0 saturated carbocycles. The summed E-state index contributed by atoms with van der Waals surface area (Å²) in [6, 6.07) is 18.2. The third-order valence-corrected chi connectivity index (χ3v) is 7.08. The molecule has 1 aliphatic heterocycles. The minimum absolute atomic E-state index is 0.00572. The Morgan fingerprint density at radius 1 is 1.02 bits per heavy atom. The Labute approximate surface area is 245 Å². The van der Waals surface area contributed by atoms with Gasteiger partial charge in [-0.3, -0.25) is 14.9 Å². The van der Waals surface area contributed by atoms with Crippen molar-refractivity contribution in [3.63, 3.8) is 0 Å². The van der Waals surface area contributed by atoms with Crippen molar-refractivity contribution < 1.29 is 19.1 Å². The van der Waals surface area contributed by atoms with Crippen molar-refractivity contribution >= 4 is 52.1 Å². The van der Waals surface area contributed by atoms with Crippen LogP contribution in [0.1, 0.15) is 39.6 Å². The van der Waals surface area contributed by atoms with Crippen LogP contribution in [0.4, 0.5) is 11.4 Å². The number of halogens is 1. The number of ether oxygens (including phenoxy) is 2. The van der Waals surface area contributed by atoms with Crippen LogP contribution >= 0.6 is 23.8 Å². The van der Waals surface area contributed by atoms with Crippen molar-refractivity contribution in [1.29, 1.82) is 0 Å². The van der Waals surface area contributed by atoms with Crippen LogP contribution in [0, 0.1) is 6.92 Å². The van der Waals surface area contributed by atoms with Gasteiger partial charge in [0.25, 0.3) is 11.8 Å². The second-order valence-corrected chi connectivity index (χ2v) is 10.2. The number of anilines is 2. The van der Waals surface area contributed by atoms with Crippen LogP contribution in [0.25, 0.3) is 0 Å². The zero-order chi connectivity index (χ0) is 28.6. The molecule has 0 atom stereocenters. The first-order chi connectivity index (χ1) is 19.3. The molecule has 10 heteroatoms. The second kappa shape index (κ2) is 13.5. The lowest BCUT2D eigenvalue weighted by Crippen LogP contribution is -2.48. The molecule has 3 aromatic carbocycles. The Bertz CT molecular complexity index is 1370. The van der Waals surface area contributed by atoms with Gasteiger partial charge in [0.05, 0.1) is 30.0 Å². The molecule has 2 amide bonds. The number of para-hydroxylation sites is 1. The number of nitrogens with zero attached hydrogens (tertiary/aromatic N) is 2. The minimum Gasteiger partial charge on any atom is -0.496 e. The van der Waals surface area contributed by atoms with Crippen molar-refractivity contribution in [3.8, 4) is 11.5 Å². The van der Waals surface area contributed by atoms with Gasteiger partial charge < -0.3 is 24.6 Å². The van der Waals surface area contributed by atoms with Gasteiger partial charge >= 0.3 is 0 Å². The first-order valence-corrected chi connectivity index (χ1v) is 13.9. The minimum atomic E-state index is -0.367. The first-order valence-electron chi connectivity index (χ1n) is 13.1. The highest BCUT2D eigenvalue weighted by Crippen LogP contribution is 2.30. The van der Waals surface area contributed by atoms with Gasteiger partial charge in [0.15, 0.2) is 5.11 Å². The van der Waals surface area contributed by atoms with E-state index >= 15 is 0 Å². The van der Waals surface area contributed by atoms with Crippen LogP contribution in [-0.2, 0) is 0 Å². The number of benzene rings is 3. The highest BCUT2D eigenvalue weighted by molar-refractivity contribution is 7.80. The van der Waals surface area contributed by atoms with Gasteiger partial charge in [-0.05, 0) is 79.7 Å². The number of hydrogen-bond acceptors (Lipinski definition) is 6. The van der Waals surface area contributed by atoms with E-state index in [0.717, 1.165) is 23.4 Å². The summed E-state index contributed by atoms with van der Waals surface area (Å²) < 4.78 is 11.0. The fourth-order valence-electron chi connectivity index (χ4n) is 4.52. The molecule has 0 aliphatic carbocycles. The van der Waals surface area contributed by atoms with Crippen molar-refractivity contribution in [3.05, 3.63) is 82.4 Å². The van der Waals surface area contributed by atoms with Crippen LogP contribution in [-0.4, -0.2) is 61.7 Å². The maximum absolute atomic E-state index is 13.0. The summed E-state index contributed by atoms with van der Waals surface area (Å²) in [7, 11) is 1.53. The molecule has 40 heavy (non-hydrogen) atoms. The molecular formula is C30H33ClN4O4S. The second-order valence-electron chi connectivity index (χ2n) is 9.38. The summed E-state index contributed by atoms with van der Waals surface area (Å²) in [6.45, 7) is 7.06. The van der Waals surface area contributed by atoms with Crippen molar-refractivity contribution in [1.82, 2.24) is 10.2 Å². The topological polar surface area (TPSA) is 83.1 Å². The summed E-state index contributed by atoms with van der Waals surface area (Å²) >= 11 is 12.0. The smallest absolute Gasteiger partial charge is 0.261 e. The van der Waals surface area contributed by atoms with E-state index in [-0.39, 0.29) is 16.9 Å². The normalized spacial score (nSPS) is 13.0. The molecule has 1 saturated heterocycles. The highest BCUT2D eigenvalue weighted by atomic mass is 35.5. The van der Waals surface area contributed by atoms with Gasteiger partial charge in [0, 0.05) is 37.4 Å². The number of thiocarbonyl (C=S) groups is 1. The number of methoxy groups -OCH3 is 1. The number of aryl methyl sites for hydroxylation is 1. The molecule has 1 heterocycles. The number of rotatable bonds is 8. The van der Waals surface area contributed by atoms with E-state index in [0.29, 0.717) is 60.4 Å². The summed E-state index contributed by atoms with van der Waals surface area (Å²) in [5, 5.41) is 6.39. The van der Waals surface area contributed by atoms with Crippen molar-refractivity contribution in [2.75, 3.05) is 50.1 Å². The third-order valence-electron chi connectivity index (χ3n) is 6.57. The van der Waals surface area contributed by atoms with Gasteiger partial charge in [0.2, 0.25) is 0 Å². The van der Waals surface area contributed by atoms with E-state index in [9.17, 15) is 9.59 Å². The molecule has 0 radical (unpaired) electrons. The standard InChI is InChI=1S/C30H33ClN4O4S/c1-4-18-39-23-11-8-21(9-12-23)29(37)35-16-14-34(15-17-35)26-13-10-22(19-25(26)31)32-30(40)33-28(36)24-7-5-6-20(2)27(24)38-3/h5-13,19H,4,14-18H2,1-3H3,(H2,32,33,36,40). The summed E-state index contributed by atoms with van der Waals surface area (Å²) in [5.74, 6) is 0.914. The highest BCUT2D eigenvalue weighted by Gasteiger charge is 2.24. The fraction of sp³-hybridized carbons (Fsp3) is 0.300. The molecule has 2 N–H and O–H groups in total.